The normalized spacial score (nSPS) is 12.3. The molecule has 0 aliphatic heterocycles. The van der Waals surface area contributed by atoms with Crippen molar-refractivity contribution in [1.29, 1.82) is 0 Å². The molecule has 17 aromatic rings. The fraction of sp³-hybridized carbons (Fsp3) is 0. The second kappa shape index (κ2) is 17.3. The average molecular weight is 1060 g/mol. The lowest BCUT2D eigenvalue weighted by atomic mass is 9.82. The van der Waals surface area contributed by atoms with E-state index in [-0.39, 0.29) is 0 Å². The van der Waals surface area contributed by atoms with Gasteiger partial charge in [0.15, 0.2) is 0 Å². The minimum atomic E-state index is 1.22. The Morgan fingerprint density at radius 3 is 0.690 bits per heavy atom. The maximum atomic E-state index is 2.55. The van der Waals surface area contributed by atoms with Crippen molar-refractivity contribution in [2.24, 2.45) is 0 Å². The molecule has 0 atom stereocenters. The van der Waals surface area contributed by atoms with E-state index in [2.05, 4.69) is 291 Å². The second-order valence-corrected chi connectivity index (χ2v) is 23.2. The Balaban J connectivity index is 0.864. The molecule has 0 nitrogen and oxygen atoms in total. The highest BCUT2D eigenvalue weighted by Gasteiger charge is 2.32. The van der Waals surface area contributed by atoms with Crippen LogP contribution < -0.4 is 0 Å². The summed E-state index contributed by atoms with van der Waals surface area (Å²) in [7, 11) is 0. The lowest BCUT2D eigenvalue weighted by Gasteiger charge is -2.21. The van der Waals surface area contributed by atoms with Crippen LogP contribution in [0.4, 0.5) is 0 Å². The summed E-state index contributed by atoms with van der Waals surface area (Å²) in [6.07, 6.45) is 0. The summed E-state index contributed by atoms with van der Waals surface area (Å²) in [4.78, 5) is 0. The number of hydrogen-bond donors (Lipinski definition) is 0. The Bertz CT molecular complexity index is 5300. The molecule has 0 aromatic heterocycles. The van der Waals surface area contributed by atoms with Gasteiger partial charge in [0.05, 0.1) is 0 Å². The molecule has 0 saturated carbocycles. The van der Waals surface area contributed by atoms with E-state index in [0.29, 0.717) is 0 Å². The maximum absolute atomic E-state index is 2.55. The van der Waals surface area contributed by atoms with Crippen LogP contribution in [-0.4, -0.2) is 0 Å². The highest BCUT2D eigenvalue weighted by atomic mass is 14.3. The van der Waals surface area contributed by atoms with Gasteiger partial charge in [-0.15, -0.1) is 0 Å². The van der Waals surface area contributed by atoms with Crippen molar-refractivity contribution in [3.8, 4) is 111 Å². The molecule has 0 fully saturated rings. The highest BCUT2D eigenvalue weighted by Crippen LogP contribution is 2.59. The molecule has 0 radical (unpaired) electrons. The summed E-state index contributed by atoms with van der Waals surface area (Å²) in [5.41, 5.74) is 25.4. The zero-order valence-corrected chi connectivity index (χ0v) is 45.7. The molecule has 384 valence electrons. The van der Waals surface area contributed by atoms with Gasteiger partial charge in [-0.25, -0.2) is 0 Å². The number of benzene rings is 17. The van der Waals surface area contributed by atoms with Gasteiger partial charge in [0, 0.05) is 0 Å². The Morgan fingerprint density at radius 1 is 0.119 bits per heavy atom. The molecule has 2 aliphatic rings. The van der Waals surface area contributed by atoms with Crippen LogP contribution in [0.2, 0.25) is 0 Å². The van der Waals surface area contributed by atoms with Gasteiger partial charge in [-0.2, -0.15) is 0 Å². The molecule has 0 saturated heterocycles. The third-order valence-electron chi connectivity index (χ3n) is 19.1. The maximum Gasteiger partial charge on any atom is -0.00139 e. The summed E-state index contributed by atoms with van der Waals surface area (Å²) in [6.45, 7) is 0. The van der Waals surface area contributed by atoms with Crippen molar-refractivity contribution in [2.45, 2.75) is 0 Å². The van der Waals surface area contributed by atoms with E-state index in [9.17, 15) is 0 Å². The number of rotatable bonds is 6. The summed E-state index contributed by atoms with van der Waals surface area (Å²) in [5.74, 6) is 0. The molecule has 19 rings (SSSR count). The van der Waals surface area contributed by atoms with Crippen molar-refractivity contribution >= 4 is 86.2 Å². The summed E-state index contributed by atoms with van der Waals surface area (Å²) in [6, 6.07) is 110. The first-order valence-corrected chi connectivity index (χ1v) is 29.4. The van der Waals surface area contributed by atoms with Crippen LogP contribution in [0.5, 0.6) is 0 Å². The number of fused-ring (bicyclic) bond motifs is 12. The predicted molar refractivity (Wildman–Crippen MR) is 359 cm³/mol. The van der Waals surface area contributed by atoms with Crippen LogP contribution in [0.25, 0.3) is 197 Å². The number of hydrogen-bond acceptors (Lipinski definition) is 0. The standard InChI is InChI=1S/C84H48/c1-5-21-49(22-6-1)53-29-13-15-31-55(53)79-59-35-19-17-33-57(59)77(51-25-9-3-10-26-51)73-45-69-65-41-37-61-62-38-42-66-70-46-74-76(48-72(70)68-44-40-64(82(62)84(66)68)63-39-43-67(83(65)81(61)63)71(69)47-75(73)79)80(56-32-16-14-30-54(56)50-23-7-2-8-24-50)60-36-20-18-34-58(60)78(74)52-27-11-4-12-28-52/h1-48H. The van der Waals surface area contributed by atoms with E-state index >= 15 is 0 Å². The van der Waals surface area contributed by atoms with E-state index in [1.807, 2.05) is 0 Å². The molecule has 0 N–H and O–H groups in total. The van der Waals surface area contributed by atoms with Gasteiger partial charge in [0.2, 0.25) is 0 Å². The van der Waals surface area contributed by atoms with Crippen molar-refractivity contribution in [2.75, 3.05) is 0 Å². The molecular formula is C84H48. The third kappa shape index (κ3) is 6.21. The van der Waals surface area contributed by atoms with E-state index in [1.165, 1.54) is 197 Å². The fourth-order valence-corrected chi connectivity index (χ4v) is 15.7. The molecule has 2 aliphatic carbocycles. The average Bonchev–Trinajstić information content (AvgIpc) is 1.57. The van der Waals surface area contributed by atoms with Gasteiger partial charge >= 0.3 is 0 Å². The molecule has 84 heavy (non-hydrogen) atoms. The minimum absolute atomic E-state index is 1.22. The third-order valence-corrected chi connectivity index (χ3v) is 19.1. The SMILES string of the molecule is c1ccc(-c2ccccc2-c2c3ccccc3c(-c3ccccc3)c3cc4c(cc23)-c2ccc3c5ccc6c7c(ccc(c8ccc-4c2c83)c75)-c2cc3c(-c4ccccc4)c4ccccc4c(-c4ccccc4-c4ccccc4)c3cc2-6)cc1. The van der Waals surface area contributed by atoms with Crippen molar-refractivity contribution in [3.05, 3.63) is 291 Å². The zero-order chi connectivity index (χ0) is 54.7. The lowest BCUT2D eigenvalue weighted by molar-refractivity contribution is 1.60. The Hall–Kier alpha value is -10.9. The van der Waals surface area contributed by atoms with Gasteiger partial charge in [0.25, 0.3) is 0 Å². The summed E-state index contributed by atoms with van der Waals surface area (Å²) < 4.78 is 0. The fourth-order valence-electron chi connectivity index (χ4n) is 15.7. The Morgan fingerprint density at radius 2 is 0.369 bits per heavy atom. The van der Waals surface area contributed by atoms with Gasteiger partial charge in [-0.05, 0) is 222 Å². The van der Waals surface area contributed by atoms with Gasteiger partial charge < -0.3 is 0 Å². The highest BCUT2D eigenvalue weighted by molar-refractivity contribution is 6.41. The van der Waals surface area contributed by atoms with Crippen molar-refractivity contribution in [1.82, 2.24) is 0 Å². The molecule has 0 heteroatoms. The smallest absolute Gasteiger partial charge is 0.00139 e. The first kappa shape index (κ1) is 45.8. The molecule has 0 heterocycles. The lowest BCUT2D eigenvalue weighted by Crippen LogP contribution is -1.93. The molecule has 0 unspecified atom stereocenters. The summed E-state index contributed by atoms with van der Waals surface area (Å²) in [5, 5.41) is 20.8. The molecule has 17 aromatic carbocycles. The van der Waals surface area contributed by atoms with E-state index in [4.69, 9.17) is 0 Å². The first-order chi connectivity index (χ1) is 41.7. The van der Waals surface area contributed by atoms with Crippen LogP contribution in [0.1, 0.15) is 0 Å². The molecule has 0 amide bonds. The topological polar surface area (TPSA) is 0 Å². The molecule has 0 bridgehead atoms. The predicted octanol–water partition coefficient (Wildman–Crippen LogP) is 23.6. The second-order valence-electron chi connectivity index (χ2n) is 23.2. The van der Waals surface area contributed by atoms with Crippen LogP contribution in [0.3, 0.4) is 0 Å². The van der Waals surface area contributed by atoms with Crippen LogP contribution in [-0.2, 0) is 0 Å². The van der Waals surface area contributed by atoms with Crippen molar-refractivity contribution < 1.29 is 0 Å². The van der Waals surface area contributed by atoms with Gasteiger partial charge in [-0.1, -0.05) is 267 Å². The van der Waals surface area contributed by atoms with Crippen LogP contribution in [0, 0.1) is 0 Å². The van der Waals surface area contributed by atoms with Crippen LogP contribution in [0.15, 0.2) is 291 Å². The monoisotopic (exact) mass is 1060 g/mol. The van der Waals surface area contributed by atoms with E-state index < -0.39 is 0 Å². The minimum Gasteiger partial charge on any atom is -0.0622 e. The van der Waals surface area contributed by atoms with E-state index in [0.717, 1.165) is 0 Å². The molecular weight excluding hydrogens is 1010 g/mol. The van der Waals surface area contributed by atoms with Gasteiger partial charge in [0.1, 0.15) is 0 Å². The zero-order valence-electron chi connectivity index (χ0n) is 45.7. The largest absolute Gasteiger partial charge is 0.0622 e. The van der Waals surface area contributed by atoms with E-state index in [1.54, 1.807) is 0 Å². The quantitative estimate of drug-likeness (QED) is 0.115. The Labute approximate surface area is 485 Å². The molecule has 0 spiro atoms. The summed E-state index contributed by atoms with van der Waals surface area (Å²) >= 11 is 0. The van der Waals surface area contributed by atoms with Crippen LogP contribution >= 0.6 is 0 Å². The first-order valence-electron chi connectivity index (χ1n) is 29.4. The van der Waals surface area contributed by atoms with Gasteiger partial charge in [-0.3, -0.25) is 0 Å². The Kier molecular flexibility index (Phi) is 9.43. The van der Waals surface area contributed by atoms with Crippen molar-refractivity contribution in [3.63, 3.8) is 0 Å².